The summed E-state index contributed by atoms with van der Waals surface area (Å²) in [6.07, 6.45) is 1.66. The van der Waals surface area contributed by atoms with Crippen molar-refractivity contribution in [1.29, 1.82) is 0 Å². The van der Waals surface area contributed by atoms with Crippen LogP contribution in [0.4, 0.5) is 6.01 Å². The third-order valence-electron chi connectivity index (χ3n) is 3.06. The molecule has 19 heavy (non-hydrogen) atoms. The fourth-order valence-corrected chi connectivity index (χ4v) is 2.14. The van der Waals surface area contributed by atoms with Crippen molar-refractivity contribution in [2.24, 2.45) is 0 Å². The second-order valence-corrected chi connectivity index (χ2v) is 4.39. The highest BCUT2D eigenvalue weighted by Gasteiger charge is 2.16. The topological polar surface area (TPSA) is 70.5 Å². The third kappa shape index (κ3) is 2.23. The monoisotopic (exact) mass is 260 g/mol. The van der Waals surface area contributed by atoms with Gasteiger partial charge in [0.05, 0.1) is 18.9 Å². The lowest BCUT2D eigenvalue weighted by Gasteiger charge is -2.08. The lowest BCUT2D eigenvalue weighted by Crippen LogP contribution is -1.97. The molecule has 1 aromatic carbocycles. The largest absolute Gasteiger partial charge is 0.490 e. The number of ether oxygens (including phenoxy) is 2. The van der Waals surface area contributed by atoms with Gasteiger partial charge in [-0.25, -0.2) is 0 Å². The zero-order chi connectivity index (χ0) is 13.2. The molecule has 0 atom stereocenters. The first-order chi connectivity index (χ1) is 9.28. The van der Waals surface area contributed by atoms with E-state index in [1.54, 1.807) is 0 Å². The number of benzene rings is 1. The Labute approximate surface area is 111 Å². The first-order valence-corrected chi connectivity index (χ1v) is 6.43. The molecule has 0 unspecified atom stereocenters. The van der Waals surface area contributed by atoms with Gasteiger partial charge in [-0.05, 0) is 24.6 Å². The van der Waals surface area contributed by atoms with E-state index < -0.39 is 0 Å². The molecule has 0 fully saturated rings. The van der Waals surface area contributed by atoms with Gasteiger partial charge >= 0.3 is 0 Å². The van der Waals surface area contributed by atoms with Gasteiger partial charge < -0.3 is 19.6 Å². The molecule has 0 spiro atoms. The Bertz CT molecular complexity index is 592. The first-order valence-electron chi connectivity index (χ1n) is 6.43. The number of nitrogens with two attached hydrogens (primary N) is 1. The van der Waals surface area contributed by atoms with Crippen molar-refractivity contribution in [3.63, 3.8) is 0 Å². The molecule has 1 aromatic heterocycles. The molecule has 0 saturated heterocycles. The molecule has 0 aliphatic carbocycles. The van der Waals surface area contributed by atoms with E-state index >= 15 is 0 Å². The summed E-state index contributed by atoms with van der Waals surface area (Å²) >= 11 is 0. The summed E-state index contributed by atoms with van der Waals surface area (Å²) < 4.78 is 16.8. The van der Waals surface area contributed by atoms with Crippen molar-refractivity contribution >= 4 is 6.01 Å². The summed E-state index contributed by atoms with van der Waals surface area (Å²) in [6.45, 7) is 3.36. The molecule has 0 amide bonds. The van der Waals surface area contributed by atoms with Crippen molar-refractivity contribution in [2.45, 2.75) is 19.8 Å². The Morgan fingerprint density at radius 1 is 1.21 bits per heavy atom. The second kappa shape index (κ2) is 4.84. The fraction of sp³-hybridized carbons (Fsp3) is 0.357. The highest BCUT2D eigenvalue weighted by atomic mass is 16.5. The molecule has 5 nitrogen and oxygen atoms in total. The van der Waals surface area contributed by atoms with Gasteiger partial charge in [0.25, 0.3) is 6.01 Å². The lowest BCUT2D eigenvalue weighted by atomic mass is 10.1. The van der Waals surface area contributed by atoms with E-state index in [1.807, 2.05) is 25.1 Å². The van der Waals surface area contributed by atoms with E-state index in [9.17, 15) is 0 Å². The van der Waals surface area contributed by atoms with Gasteiger partial charge in [-0.15, -0.1) is 0 Å². The van der Waals surface area contributed by atoms with Crippen LogP contribution in [0, 0.1) is 0 Å². The van der Waals surface area contributed by atoms with Crippen molar-refractivity contribution in [2.75, 3.05) is 18.9 Å². The second-order valence-electron chi connectivity index (χ2n) is 4.39. The first kappa shape index (κ1) is 11.9. The van der Waals surface area contributed by atoms with Crippen LogP contribution < -0.4 is 15.2 Å². The molecule has 1 aliphatic heterocycles. The van der Waals surface area contributed by atoms with E-state index in [0.29, 0.717) is 19.0 Å². The summed E-state index contributed by atoms with van der Waals surface area (Å²) in [4.78, 5) is 4.18. The minimum absolute atomic E-state index is 0.193. The highest BCUT2D eigenvalue weighted by molar-refractivity contribution is 5.65. The quantitative estimate of drug-likeness (QED) is 0.898. The predicted octanol–water partition coefficient (Wildman–Crippen LogP) is 2.65. The summed E-state index contributed by atoms with van der Waals surface area (Å²) in [5.41, 5.74) is 7.38. The van der Waals surface area contributed by atoms with Crippen LogP contribution in [0.25, 0.3) is 11.3 Å². The Balaban J connectivity index is 2.03. The summed E-state index contributed by atoms with van der Waals surface area (Å²) in [5, 5.41) is 0. The minimum atomic E-state index is 0.193. The summed E-state index contributed by atoms with van der Waals surface area (Å²) in [7, 11) is 0. The van der Waals surface area contributed by atoms with Crippen molar-refractivity contribution in [3.05, 3.63) is 23.9 Å². The van der Waals surface area contributed by atoms with Gasteiger partial charge in [0.15, 0.2) is 17.3 Å². The van der Waals surface area contributed by atoms with Crippen molar-refractivity contribution in [3.8, 4) is 22.8 Å². The number of oxazole rings is 1. The van der Waals surface area contributed by atoms with Gasteiger partial charge in [-0.1, -0.05) is 6.92 Å². The molecular formula is C14H16N2O3. The molecule has 1 aliphatic rings. The molecule has 0 radical (unpaired) electrons. The predicted molar refractivity (Wildman–Crippen MR) is 71.3 cm³/mol. The Kier molecular flexibility index (Phi) is 3.03. The standard InChI is InChI=1S/C14H16N2O3/c1-2-10-13(19-14(15)16-10)9-4-5-11-12(8-9)18-7-3-6-17-11/h4-5,8H,2-3,6-7H2,1H3,(H2,15,16). The van der Waals surface area contributed by atoms with Gasteiger partial charge in [-0.3, -0.25) is 0 Å². The molecule has 2 N–H and O–H groups in total. The number of aromatic nitrogens is 1. The number of rotatable bonds is 2. The maximum atomic E-state index is 5.67. The maximum Gasteiger partial charge on any atom is 0.292 e. The molecule has 0 bridgehead atoms. The third-order valence-corrected chi connectivity index (χ3v) is 3.06. The smallest absolute Gasteiger partial charge is 0.292 e. The molecule has 0 saturated carbocycles. The van der Waals surface area contributed by atoms with Crippen LogP contribution in [0.5, 0.6) is 11.5 Å². The normalized spacial score (nSPS) is 14.2. The number of aryl methyl sites for hydroxylation is 1. The number of fused-ring (bicyclic) bond motifs is 1. The molecule has 3 rings (SSSR count). The molecule has 5 heteroatoms. The Hall–Kier alpha value is -2.17. The van der Waals surface area contributed by atoms with Crippen LogP contribution in [-0.4, -0.2) is 18.2 Å². The Morgan fingerprint density at radius 2 is 2.00 bits per heavy atom. The maximum absolute atomic E-state index is 5.67. The Morgan fingerprint density at radius 3 is 2.79 bits per heavy atom. The number of hydrogen-bond donors (Lipinski definition) is 1. The van der Waals surface area contributed by atoms with E-state index in [1.165, 1.54) is 0 Å². The van der Waals surface area contributed by atoms with Crippen LogP contribution in [0.1, 0.15) is 19.0 Å². The number of nitrogen functional groups attached to an aromatic ring is 1. The number of nitrogens with zero attached hydrogens (tertiary/aromatic N) is 1. The lowest BCUT2D eigenvalue weighted by molar-refractivity contribution is 0.297. The van der Waals surface area contributed by atoms with Crippen LogP contribution in [0.3, 0.4) is 0 Å². The average molecular weight is 260 g/mol. The van der Waals surface area contributed by atoms with Gasteiger partial charge in [0, 0.05) is 12.0 Å². The van der Waals surface area contributed by atoms with Crippen molar-refractivity contribution in [1.82, 2.24) is 4.98 Å². The summed E-state index contributed by atoms with van der Waals surface area (Å²) in [5.74, 6) is 2.22. The van der Waals surface area contributed by atoms with E-state index in [2.05, 4.69) is 4.98 Å². The van der Waals surface area contributed by atoms with E-state index in [0.717, 1.165) is 35.6 Å². The SMILES string of the molecule is CCc1nc(N)oc1-c1ccc2c(c1)OCCCO2. The zero-order valence-corrected chi connectivity index (χ0v) is 10.8. The van der Waals surface area contributed by atoms with E-state index in [4.69, 9.17) is 19.6 Å². The van der Waals surface area contributed by atoms with Crippen molar-refractivity contribution < 1.29 is 13.9 Å². The van der Waals surface area contributed by atoms with Crippen LogP contribution in [-0.2, 0) is 6.42 Å². The van der Waals surface area contributed by atoms with Gasteiger partial charge in [0.1, 0.15) is 0 Å². The van der Waals surface area contributed by atoms with Crippen LogP contribution >= 0.6 is 0 Å². The molecule has 2 heterocycles. The minimum Gasteiger partial charge on any atom is -0.490 e. The number of hydrogen-bond acceptors (Lipinski definition) is 5. The number of anilines is 1. The van der Waals surface area contributed by atoms with E-state index in [-0.39, 0.29) is 6.01 Å². The molecular weight excluding hydrogens is 244 g/mol. The molecule has 100 valence electrons. The average Bonchev–Trinajstić information content (AvgIpc) is 2.66. The summed E-state index contributed by atoms with van der Waals surface area (Å²) in [6, 6.07) is 5.94. The van der Waals surface area contributed by atoms with Gasteiger partial charge in [0.2, 0.25) is 0 Å². The van der Waals surface area contributed by atoms with Crippen LogP contribution in [0.2, 0.25) is 0 Å². The fourth-order valence-electron chi connectivity index (χ4n) is 2.14. The molecule has 2 aromatic rings. The van der Waals surface area contributed by atoms with Crippen LogP contribution in [0.15, 0.2) is 22.6 Å². The van der Waals surface area contributed by atoms with Gasteiger partial charge in [-0.2, -0.15) is 4.98 Å². The highest BCUT2D eigenvalue weighted by Crippen LogP contribution is 2.36. The zero-order valence-electron chi connectivity index (χ0n) is 10.8.